The molecule has 0 aromatic heterocycles. The number of benzene rings is 2. The Labute approximate surface area is 148 Å². The summed E-state index contributed by atoms with van der Waals surface area (Å²) in [6.07, 6.45) is 1.82. The fourth-order valence-corrected chi connectivity index (χ4v) is 4.62. The summed E-state index contributed by atoms with van der Waals surface area (Å²) in [5.41, 5.74) is 3.14. The molecule has 132 valence electrons. The largest absolute Gasteiger partial charge is 0.346 e. The Morgan fingerprint density at radius 1 is 1.20 bits per heavy atom. The van der Waals surface area contributed by atoms with Crippen LogP contribution in [-0.4, -0.2) is 26.6 Å². The second-order valence-corrected chi connectivity index (χ2v) is 8.42. The van der Waals surface area contributed by atoms with Crippen molar-refractivity contribution in [3.63, 3.8) is 0 Å². The molecular weight excluding hydrogens is 336 g/mol. The summed E-state index contributed by atoms with van der Waals surface area (Å²) in [6, 6.07) is 14.7. The molecule has 0 radical (unpaired) electrons. The van der Waals surface area contributed by atoms with Gasteiger partial charge in [-0.05, 0) is 49.6 Å². The Balaban J connectivity index is 1.81. The Morgan fingerprint density at radius 3 is 2.52 bits per heavy atom. The SMILES string of the molecule is C[C@@H]1Cc2cc(C(=O)N[C@H](C)c3ccccc3)ccc2N1S(C)(=O)=O. The molecule has 0 spiro atoms. The van der Waals surface area contributed by atoms with Crippen LogP contribution in [0.25, 0.3) is 0 Å². The zero-order chi connectivity index (χ0) is 18.2. The molecule has 1 aliphatic heterocycles. The van der Waals surface area contributed by atoms with Gasteiger partial charge in [0.1, 0.15) is 0 Å². The van der Waals surface area contributed by atoms with Gasteiger partial charge in [0.05, 0.1) is 18.0 Å². The van der Waals surface area contributed by atoms with E-state index >= 15 is 0 Å². The lowest BCUT2D eigenvalue weighted by Gasteiger charge is -2.22. The molecule has 25 heavy (non-hydrogen) atoms. The van der Waals surface area contributed by atoms with Crippen molar-refractivity contribution in [3.05, 3.63) is 65.2 Å². The first kappa shape index (κ1) is 17.5. The van der Waals surface area contributed by atoms with Gasteiger partial charge in [-0.3, -0.25) is 9.10 Å². The molecule has 1 N–H and O–H groups in total. The van der Waals surface area contributed by atoms with Gasteiger partial charge >= 0.3 is 0 Å². The third kappa shape index (κ3) is 3.54. The Kier molecular flexibility index (Phi) is 4.56. The maximum absolute atomic E-state index is 12.5. The van der Waals surface area contributed by atoms with Crippen molar-refractivity contribution in [2.45, 2.75) is 32.4 Å². The minimum Gasteiger partial charge on any atom is -0.346 e. The number of fused-ring (bicyclic) bond motifs is 1. The highest BCUT2D eigenvalue weighted by atomic mass is 32.2. The molecule has 0 bridgehead atoms. The summed E-state index contributed by atoms with van der Waals surface area (Å²) in [7, 11) is -3.32. The van der Waals surface area contributed by atoms with Crippen LogP contribution < -0.4 is 9.62 Å². The summed E-state index contributed by atoms with van der Waals surface area (Å²) in [6.45, 7) is 3.81. The van der Waals surface area contributed by atoms with Crippen molar-refractivity contribution in [3.8, 4) is 0 Å². The third-order valence-electron chi connectivity index (χ3n) is 4.50. The lowest BCUT2D eigenvalue weighted by molar-refractivity contribution is 0.0940. The molecule has 6 heteroatoms. The van der Waals surface area contributed by atoms with E-state index in [9.17, 15) is 13.2 Å². The van der Waals surface area contributed by atoms with Crippen LogP contribution in [0.1, 0.15) is 41.4 Å². The number of nitrogens with zero attached hydrogens (tertiary/aromatic N) is 1. The lowest BCUT2D eigenvalue weighted by Crippen LogP contribution is -2.34. The van der Waals surface area contributed by atoms with Crippen molar-refractivity contribution >= 4 is 21.6 Å². The smallest absolute Gasteiger partial charge is 0.251 e. The fourth-order valence-electron chi connectivity index (χ4n) is 3.35. The summed E-state index contributed by atoms with van der Waals surface area (Å²) in [5.74, 6) is -0.162. The van der Waals surface area contributed by atoms with E-state index in [0.29, 0.717) is 17.7 Å². The van der Waals surface area contributed by atoms with E-state index in [0.717, 1.165) is 11.1 Å². The summed E-state index contributed by atoms with van der Waals surface area (Å²) >= 11 is 0. The molecule has 0 unspecified atom stereocenters. The predicted octanol–water partition coefficient (Wildman–Crippen LogP) is 2.89. The van der Waals surface area contributed by atoms with Crippen molar-refractivity contribution < 1.29 is 13.2 Å². The maximum Gasteiger partial charge on any atom is 0.251 e. The van der Waals surface area contributed by atoms with E-state index in [1.807, 2.05) is 44.2 Å². The van der Waals surface area contributed by atoms with Crippen LogP contribution in [0.15, 0.2) is 48.5 Å². The van der Waals surface area contributed by atoms with Crippen molar-refractivity contribution in [2.24, 2.45) is 0 Å². The molecule has 2 atom stereocenters. The summed E-state index contributed by atoms with van der Waals surface area (Å²) in [5, 5.41) is 2.99. The topological polar surface area (TPSA) is 66.5 Å². The van der Waals surface area contributed by atoms with E-state index in [1.165, 1.54) is 10.6 Å². The van der Waals surface area contributed by atoms with Crippen LogP contribution in [-0.2, 0) is 16.4 Å². The molecule has 2 aromatic carbocycles. The molecule has 1 amide bonds. The standard InChI is InChI=1S/C19H22N2O3S/c1-13-11-17-12-16(9-10-18(17)21(13)25(3,23)24)19(22)20-14(2)15-7-5-4-6-8-15/h4-10,12-14H,11H2,1-3H3,(H,20,22)/t13-,14-/m1/s1. The van der Waals surface area contributed by atoms with Crippen LogP contribution in [0.4, 0.5) is 5.69 Å². The van der Waals surface area contributed by atoms with E-state index in [2.05, 4.69) is 5.32 Å². The van der Waals surface area contributed by atoms with Crippen LogP contribution in [0, 0.1) is 0 Å². The van der Waals surface area contributed by atoms with Crippen molar-refractivity contribution in [2.75, 3.05) is 10.6 Å². The molecule has 5 nitrogen and oxygen atoms in total. The zero-order valence-electron chi connectivity index (χ0n) is 14.6. The highest BCUT2D eigenvalue weighted by Crippen LogP contribution is 2.34. The first-order valence-electron chi connectivity index (χ1n) is 8.25. The average Bonchev–Trinajstić information content (AvgIpc) is 2.90. The molecule has 0 saturated carbocycles. The van der Waals surface area contributed by atoms with Crippen molar-refractivity contribution in [1.82, 2.24) is 5.32 Å². The quantitative estimate of drug-likeness (QED) is 0.914. The molecular formula is C19H22N2O3S. The summed E-state index contributed by atoms with van der Waals surface area (Å²) < 4.78 is 25.4. The van der Waals surface area contributed by atoms with Gasteiger partial charge < -0.3 is 5.32 Å². The number of amides is 1. The van der Waals surface area contributed by atoms with E-state index < -0.39 is 10.0 Å². The number of rotatable bonds is 4. The highest BCUT2D eigenvalue weighted by molar-refractivity contribution is 7.92. The highest BCUT2D eigenvalue weighted by Gasteiger charge is 2.32. The van der Waals surface area contributed by atoms with Crippen LogP contribution in [0.5, 0.6) is 0 Å². The Morgan fingerprint density at radius 2 is 1.88 bits per heavy atom. The fraction of sp³-hybridized carbons (Fsp3) is 0.316. The number of hydrogen-bond donors (Lipinski definition) is 1. The monoisotopic (exact) mass is 358 g/mol. The van der Waals surface area contributed by atoms with E-state index in [1.54, 1.807) is 18.2 Å². The third-order valence-corrected chi connectivity index (χ3v) is 5.77. The minimum absolute atomic E-state index is 0.103. The number of carbonyl (C=O) groups is 1. The number of nitrogens with one attached hydrogen (secondary N) is 1. The van der Waals surface area contributed by atoms with Gasteiger partial charge in [0.15, 0.2) is 0 Å². The predicted molar refractivity (Wildman–Crippen MR) is 99.3 cm³/mol. The first-order chi connectivity index (χ1) is 11.8. The van der Waals surface area contributed by atoms with Gasteiger partial charge in [0.25, 0.3) is 5.91 Å². The summed E-state index contributed by atoms with van der Waals surface area (Å²) in [4.78, 5) is 12.5. The second kappa shape index (κ2) is 6.52. The maximum atomic E-state index is 12.5. The number of carbonyl (C=O) groups excluding carboxylic acids is 1. The Hall–Kier alpha value is -2.34. The number of hydrogen-bond acceptors (Lipinski definition) is 3. The number of sulfonamides is 1. The second-order valence-electron chi connectivity index (χ2n) is 6.56. The minimum atomic E-state index is -3.32. The molecule has 2 aromatic rings. The first-order valence-corrected chi connectivity index (χ1v) is 10.1. The van der Waals surface area contributed by atoms with Crippen LogP contribution in [0.3, 0.4) is 0 Å². The molecule has 0 aliphatic carbocycles. The zero-order valence-corrected chi connectivity index (χ0v) is 15.4. The van der Waals surface area contributed by atoms with E-state index in [4.69, 9.17) is 0 Å². The van der Waals surface area contributed by atoms with Gasteiger partial charge in [-0.1, -0.05) is 30.3 Å². The number of anilines is 1. The molecule has 0 saturated heterocycles. The van der Waals surface area contributed by atoms with Gasteiger partial charge in [-0.2, -0.15) is 0 Å². The normalized spacial score (nSPS) is 17.9. The molecule has 0 fully saturated rings. The molecule has 1 aliphatic rings. The molecule has 1 heterocycles. The lowest BCUT2D eigenvalue weighted by atomic mass is 10.0. The van der Waals surface area contributed by atoms with E-state index in [-0.39, 0.29) is 18.0 Å². The molecule has 3 rings (SSSR count). The van der Waals surface area contributed by atoms with Crippen LogP contribution in [0.2, 0.25) is 0 Å². The van der Waals surface area contributed by atoms with Crippen molar-refractivity contribution in [1.29, 1.82) is 0 Å². The van der Waals surface area contributed by atoms with Gasteiger partial charge in [-0.25, -0.2) is 8.42 Å². The Bertz CT molecular complexity index is 894. The average molecular weight is 358 g/mol. The van der Waals surface area contributed by atoms with Gasteiger partial charge in [0, 0.05) is 11.6 Å². The van der Waals surface area contributed by atoms with Crippen LogP contribution >= 0.6 is 0 Å². The van der Waals surface area contributed by atoms with Gasteiger partial charge in [-0.15, -0.1) is 0 Å². The van der Waals surface area contributed by atoms with Gasteiger partial charge in [0.2, 0.25) is 10.0 Å².